The number of nitrogens with zero attached hydrogens (tertiary/aromatic N) is 3. The largest absolute Gasteiger partial charge is 0.366 e. The molecule has 0 aliphatic rings. The Morgan fingerprint density at radius 1 is 1.26 bits per heavy atom. The summed E-state index contributed by atoms with van der Waals surface area (Å²) in [7, 11) is 0. The molecule has 0 saturated carbocycles. The Hall–Kier alpha value is -1.04. The SMILES string of the molecule is NC(=O)c1cc(Cl)ccc1N=NN(CCCl)CCCl. The molecule has 1 amide bonds. The van der Waals surface area contributed by atoms with Gasteiger partial charge in [-0.2, -0.15) is 0 Å². The van der Waals surface area contributed by atoms with Crippen LogP contribution in [0.3, 0.4) is 0 Å². The van der Waals surface area contributed by atoms with E-state index in [4.69, 9.17) is 40.5 Å². The predicted molar refractivity (Wildman–Crippen MR) is 77.5 cm³/mol. The second-order valence-corrected chi connectivity index (χ2v) is 4.74. The van der Waals surface area contributed by atoms with E-state index in [0.717, 1.165) is 0 Å². The molecule has 0 unspecified atom stereocenters. The van der Waals surface area contributed by atoms with Gasteiger partial charge in [0.05, 0.1) is 18.7 Å². The third-order valence-corrected chi connectivity index (χ3v) is 2.76. The van der Waals surface area contributed by atoms with Gasteiger partial charge in [-0.25, -0.2) is 0 Å². The first-order valence-corrected chi connectivity index (χ1v) is 6.91. The fourth-order valence-electron chi connectivity index (χ4n) is 1.30. The van der Waals surface area contributed by atoms with Gasteiger partial charge in [-0.1, -0.05) is 16.8 Å². The molecule has 5 nitrogen and oxygen atoms in total. The number of hydrogen-bond acceptors (Lipinski definition) is 3. The molecule has 0 radical (unpaired) electrons. The summed E-state index contributed by atoms with van der Waals surface area (Å²) in [5.74, 6) is 0.191. The van der Waals surface area contributed by atoms with Crippen LogP contribution in [-0.2, 0) is 0 Å². The summed E-state index contributed by atoms with van der Waals surface area (Å²) in [5, 5.41) is 9.98. The van der Waals surface area contributed by atoms with Crippen molar-refractivity contribution in [2.45, 2.75) is 0 Å². The molecular formula is C11H13Cl3N4O. The average molecular weight is 324 g/mol. The number of primary amides is 1. The summed E-state index contributed by atoms with van der Waals surface area (Å²) in [6, 6.07) is 4.63. The fourth-order valence-corrected chi connectivity index (χ4v) is 1.86. The molecule has 0 aliphatic heterocycles. The van der Waals surface area contributed by atoms with Crippen LogP contribution in [0, 0.1) is 0 Å². The minimum atomic E-state index is -0.613. The van der Waals surface area contributed by atoms with Crippen molar-refractivity contribution in [1.29, 1.82) is 0 Å². The first-order valence-electron chi connectivity index (χ1n) is 5.46. The van der Waals surface area contributed by atoms with E-state index in [-0.39, 0.29) is 5.56 Å². The number of halogens is 3. The van der Waals surface area contributed by atoms with E-state index < -0.39 is 5.91 Å². The highest BCUT2D eigenvalue weighted by Gasteiger charge is 2.09. The van der Waals surface area contributed by atoms with Gasteiger partial charge in [0.1, 0.15) is 5.69 Å². The molecule has 104 valence electrons. The van der Waals surface area contributed by atoms with Gasteiger partial charge in [0, 0.05) is 16.8 Å². The van der Waals surface area contributed by atoms with Crippen LogP contribution in [0.5, 0.6) is 0 Å². The predicted octanol–water partition coefficient (Wildman–Crippen LogP) is 3.22. The van der Waals surface area contributed by atoms with E-state index >= 15 is 0 Å². The fraction of sp³-hybridized carbons (Fsp3) is 0.364. The van der Waals surface area contributed by atoms with Crippen LogP contribution in [0.2, 0.25) is 5.02 Å². The van der Waals surface area contributed by atoms with Crippen molar-refractivity contribution in [3.8, 4) is 0 Å². The second-order valence-electron chi connectivity index (χ2n) is 3.55. The van der Waals surface area contributed by atoms with Crippen molar-refractivity contribution >= 4 is 46.4 Å². The topological polar surface area (TPSA) is 71.0 Å². The molecule has 19 heavy (non-hydrogen) atoms. The van der Waals surface area contributed by atoms with E-state index in [0.29, 0.717) is 35.6 Å². The Morgan fingerprint density at radius 3 is 2.42 bits per heavy atom. The summed E-state index contributed by atoms with van der Waals surface area (Å²) in [6.45, 7) is 1.02. The van der Waals surface area contributed by atoms with Crippen LogP contribution in [0.25, 0.3) is 0 Å². The molecule has 0 bridgehead atoms. The summed E-state index contributed by atoms with van der Waals surface area (Å²) in [5.41, 5.74) is 5.82. The molecule has 0 saturated heterocycles. The maximum atomic E-state index is 11.3. The summed E-state index contributed by atoms with van der Waals surface area (Å²) >= 11 is 17.1. The van der Waals surface area contributed by atoms with E-state index in [2.05, 4.69) is 10.3 Å². The smallest absolute Gasteiger partial charge is 0.251 e. The maximum absolute atomic E-state index is 11.3. The Bertz CT molecular complexity index is 461. The number of amides is 1. The third kappa shape index (κ3) is 5.22. The molecule has 0 atom stereocenters. The van der Waals surface area contributed by atoms with Crippen LogP contribution in [0.1, 0.15) is 10.4 Å². The first-order chi connectivity index (χ1) is 9.08. The van der Waals surface area contributed by atoms with Crippen LogP contribution in [-0.4, -0.2) is 35.8 Å². The van der Waals surface area contributed by atoms with E-state index in [1.807, 2.05) is 0 Å². The minimum absolute atomic E-state index is 0.216. The van der Waals surface area contributed by atoms with Crippen molar-refractivity contribution in [1.82, 2.24) is 5.01 Å². The quantitative estimate of drug-likeness (QED) is 0.475. The van der Waals surface area contributed by atoms with Gasteiger partial charge in [-0.3, -0.25) is 9.80 Å². The van der Waals surface area contributed by atoms with Gasteiger partial charge in [0.2, 0.25) is 0 Å². The Morgan fingerprint density at radius 2 is 1.89 bits per heavy atom. The molecule has 1 aromatic carbocycles. The zero-order chi connectivity index (χ0) is 14.3. The van der Waals surface area contributed by atoms with E-state index in [1.54, 1.807) is 17.1 Å². The third-order valence-electron chi connectivity index (χ3n) is 2.19. The molecule has 0 aromatic heterocycles. The minimum Gasteiger partial charge on any atom is -0.366 e. The van der Waals surface area contributed by atoms with E-state index in [1.165, 1.54) is 6.07 Å². The molecule has 1 rings (SSSR count). The number of carbonyl (C=O) groups excluding carboxylic acids is 1. The number of nitrogens with two attached hydrogens (primary N) is 1. The first kappa shape index (κ1) is 16.0. The van der Waals surface area contributed by atoms with Crippen molar-refractivity contribution in [3.63, 3.8) is 0 Å². The van der Waals surface area contributed by atoms with Crippen LogP contribution in [0.15, 0.2) is 28.5 Å². The maximum Gasteiger partial charge on any atom is 0.251 e. The standard InChI is InChI=1S/C11H13Cl3N4O/c12-3-5-18(6-4-13)17-16-10-2-1-8(14)7-9(10)11(15)19/h1-2,7H,3-6H2,(H2,15,19). The van der Waals surface area contributed by atoms with Crippen molar-refractivity contribution in [2.24, 2.45) is 16.1 Å². The van der Waals surface area contributed by atoms with Crippen LogP contribution >= 0.6 is 34.8 Å². The molecular weight excluding hydrogens is 311 g/mol. The monoisotopic (exact) mass is 322 g/mol. The number of alkyl halides is 2. The lowest BCUT2D eigenvalue weighted by Crippen LogP contribution is -2.21. The Balaban J connectivity index is 2.93. The van der Waals surface area contributed by atoms with Gasteiger partial charge in [-0.05, 0) is 18.2 Å². The normalized spacial score (nSPS) is 10.9. The molecule has 0 heterocycles. The number of benzene rings is 1. The van der Waals surface area contributed by atoms with Gasteiger partial charge >= 0.3 is 0 Å². The highest BCUT2D eigenvalue weighted by molar-refractivity contribution is 6.31. The lowest BCUT2D eigenvalue weighted by atomic mass is 10.2. The van der Waals surface area contributed by atoms with Crippen molar-refractivity contribution < 1.29 is 4.79 Å². The zero-order valence-corrected chi connectivity index (χ0v) is 12.3. The van der Waals surface area contributed by atoms with E-state index in [9.17, 15) is 4.79 Å². The molecule has 1 aromatic rings. The average Bonchev–Trinajstić information content (AvgIpc) is 2.37. The van der Waals surface area contributed by atoms with Crippen LogP contribution in [0.4, 0.5) is 5.69 Å². The lowest BCUT2D eigenvalue weighted by Gasteiger charge is -2.14. The molecule has 8 heteroatoms. The van der Waals surface area contributed by atoms with Gasteiger partial charge in [0.15, 0.2) is 0 Å². The van der Waals surface area contributed by atoms with Gasteiger partial charge in [0.25, 0.3) is 5.91 Å². The molecule has 0 fully saturated rings. The molecule has 0 aliphatic carbocycles. The van der Waals surface area contributed by atoms with Crippen LogP contribution < -0.4 is 5.73 Å². The molecule has 2 N–H and O–H groups in total. The Kier molecular flexibility index (Phi) is 6.91. The lowest BCUT2D eigenvalue weighted by molar-refractivity contribution is 0.100. The highest BCUT2D eigenvalue weighted by Crippen LogP contribution is 2.23. The summed E-state index contributed by atoms with van der Waals surface area (Å²) < 4.78 is 0. The van der Waals surface area contributed by atoms with Crippen molar-refractivity contribution in [3.05, 3.63) is 28.8 Å². The Labute approximate surface area is 126 Å². The summed E-state index contributed by atoms with van der Waals surface area (Å²) in [6.07, 6.45) is 0. The molecule has 0 spiro atoms. The second kappa shape index (κ2) is 8.19. The summed E-state index contributed by atoms with van der Waals surface area (Å²) in [4.78, 5) is 11.3. The number of rotatable bonds is 7. The van der Waals surface area contributed by atoms with Crippen molar-refractivity contribution in [2.75, 3.05) is 24.8 Å². The zero-order valence-electron chi connectivity index (χ0n) is 10.0. The number of carbonyl (C=O) groups is 1. The highest BCUT2D eigenvalue weighted by atomic mass is 35.5. The number of hydrogen-bond donors (Lipinski definition) is 1. The van der Waals surface area contributed by atoms with Gasteiger partial charge in [-0.15, -0.1) is 28.3 Å². The van der Waals surface area contributed by atoms with Gasteiger partial charge < -0.3 is 5.73 Å².